The van der Waals surface area contributed by atoms with Gasteiger partial charge in [0, 0.05) is 24.2 Å². The molecule has 0 bridgehead atoms. The van der Waals surface area contributed by atoms with Crippen LogP contribution in [0.4, 0.5) is 5.95 Å². The molecule has 3 aromatic rings. The van der Waals surface area contributed by atoms with Gasteiger partial charge in [0.1, 0.15) is 6.61 Å². The summed E-state index contributed by atoms with van der Waals surface area (Å²) in [7, 11) is 1.61. The molecule has 28 heavy (non-hydrogen) atoms. The van der Waals surface area contributed by atoms with E-state index in [9.17, 15) is 0 Å². The fraction of sp³-hybridized carbons (Fsp3) is 0.350. The van der Waals surface area contributed by atoms with Crippen molar-refractivity contribution in [3.63, 3.8) is 0 Å². The van der Waals surface area contributed by atoms with Crippen LogP contribution in [0.15, 0.2) is 36.4 Å². The molecule has 0 fully saturated rings. The second-order valence-corrected chi connectivity index (χ2v) is 6.80. The van der Waals surface area contributed by atoms with Gasteiger partial charge in [0.05, 0.1) is 7.11 Å². The van der Waals surface area contributed by atoms with Gasteiger partial charge in [-0.25, -0.2) is 4.68 Å². The summed E-state index contributed by atoms with van der Waals surface area (Å²) in [6, 6.07) is 11.8. The van der Waals surface area contributed by atoms with Gasteiger partial charge in [0.25, 0.3) is 0 Å². The van der Waals surface area contributed by atoms with Gasteiger partial charge < -0.3 is 14.8 Å². The van der Waals surface area contributed by atoms with E-state index in [0.29, 0.717) is 35.6 Å². The van der Waals surface area contributed by atoms with Crippen LogP contribution in [0.5, 0.6) is 11.5 Å². The van der Waals surface area contributed by atoms with Crippen LogP contribution in [0, 0.1) is 6.92 Å². The molecule has 148 valence electrons. The number of tetrazole rings is 1. The summed E-state index contributed by atoms with van der Waals surface area (Å²) < 4.78 is 13.2. The third-order valence-electron chi connectivity index (χ3n) is 4.38. The number of anilines is 1. The molecule has 0 saturated carbocycles. The lowest BCUT2D eigenvalue weighted by Gasteiger charge is -2.15. The van der Waals surface area contributed by atoms with Crippen molar-refractivity contribution >= 4 is 17.5 Å². The van der Waals surface area contributed by atoms with E-state index in [2.05, 4.69) is 40.8 Å². The summed E-state index contributed by atoms with van der Waals surface area (Å²) >= 11 is 6.48. The molecular formula is C20H24ClN5O2. The molecule has 1 aromatic heterocycles. The van der Waals surface area contributed by atoms with Crippen molar-refractivity contribution in [2.24, 2.45) is 0 Å². The minimum absolute atomic E-state index is 0.447. The standard InChI is InChI=1S/C20H24ClN5O2/c1-4-9-26-20(23-24-25-26)22-12-16-10-18(27-3)19(11-17(16)21)28-13-15-8-6-5-7-14(15)2/h5-8,10-11H,4,9,12-13H2,1-3H3,(H,22,23,25). The molecule has 3 rings (SSSR count). The Bertz CT molecular complexity index is 929. The first-order valence-electron chi connectivity index (χ1n) is 9.16. The molecule has 8 heteroatoms. The number of rotatable bonds is 9. The van der Waals surface area contributed by atoms with Gasteiger partial charge in [0.2, 0.25) is 5.95 Å². The Morgan fingerprint density at radius 2 is 1.96 bits per heavy atom. The highest BCUT2D eigenvalue weighted by atomic mass is 35.5. The van der Waals surface area contributed by atoms with Gasteiger partial charge in [-0.15, -0.1) is 0 Å². The van der Waals surface area contributed by atoms with E-state index in [0.717, 1.165) is 24.1 Å². The maximum absolute atomic E-state index is 6.48. The number of nitrogens with zero attached hydrogens (tertiary/aromatic N) is 4. The van der Waals surface area contributed by atoms with E-state index < -0.39 is 0 Å². The van der Waals surface area contributed by atoms with Gasteiger partial charge in [0.15, 0.2) is 11.5 Å². The Balaban J connectivity index is 1.72. The maximum Gasteiger partial charge on any atom is 0.243 e. The van der Waals surface area contributed by atoms with Crippen LogP contribution in [0.25, 0.3) is 0 Å². The molecule has 1 heterocycles. The zero-order valence-corrected chi connectivity index (χ0v) is 17.0. The minimum atomic E-state index is 0.447. The Morgan fingerprint density at radius 1 is 1.14 bits per heavy atom. The van der Waals surface area contributed by atoms with Gasteiger partial charge >= 0.3 is 0 Å². The monoisotopic (exact) mass is 401 g/mol. The van der Waals surface area contributed by atoms with Crippen molar-refractivity contribution in [2.75, 3.05) is 12.4 Å². The van der Waals surface area contributed by atoms with E-state index in [4.69, 9.17) is 21.1 Å². The van der Waals surface area contributed by atoms with Crippen molar-refractivity contribution in [1.82, 2.24) is 20.2 Å². The van der Waals surface area contributed by atoms with Crippen molar-refractivity contribution in [3.8, 4) is 11.5 Å². The predicted octanol–water partition coefficient (Wildman–Crippen LogP) is 4.24. The van der Waals surface area contributed by atoms with Crippen LogP contribution in [-0.2, 0) is 19.7 Å². The third-order valence-corrected chi connectivity index (χ3v) is 4.73. The van der Waals surface area contributed by atoms with Crippen molar-refractivity contribution < 1.29 is 9.47 Å². The van der Waals surface area contributed by atoms with Gasteiger partial charge in [-0.1, -0.05) is 47.9 Å². The molecule has 1 N–H and O–H groups in total. The number of methoxy groups -OCH3 is 1. The predicted molar refractivity (Wildman–Crippen MR) is 109 cm³/mol. The van der Waals surface area contributed by atoms with E-state index >= 15 is 0 Å². The Kier molecular flexibility index (Phi) is 6.71. The van der Waals surface area contributed by atoms with Crippen molar-refractivity contribution in [3.05, 3.63) is 58.1 Å². The Morgan fingerprint density at radius 3 is 2.71 bits per heavy atom. The molecule has 0 atom stereocenters. The van der Waals surface area contributed by atoms with E-state index in [-0.39, 0.29) is 0 Å². The molecular weight excluding hydrogens is 378 g/mol. The molecule has 7 nitrogen and oxygen atoms in total. The number of aromatic nitrogens is 4. The number of hydrogen-bond acceptors (Lipinski definition) is 6. The molecule has 0 radical (unpaired) electrons. The molecule has 0 spiro atoms. The summed E-state index contributed by atoms with van der Waals surface area (Å²) in [5, 5.41) is 15.5. The summed E-state index contributed by atoms with van der Waals surface area (Å²) in [4.78, 5) is 0. The van der Waals surface area contributed by atoms with Crippen molar-refractivity contribution in [2.45, 2.75) is 40.0 Å². The maximum atomic E-state index is 6.48. The minimum Gasteiger partial charge on any atom is -0.493 e. The smallest absolute Gasteiger partial charge is 0.243 e. The van der Waals surface area contributed by atoms with Gasteiger partial charge in [-0.05, 0) is 46.5 Å². The molecule has 2 aromatic carbocycles. The lowest BCUT2D eigenvalue weighted by molar-refractivity contribution is 0.284. The van der Waals surface area contributed by atoms with Crippen LogP contribution in [0.3, 0.4) is 0 Å². The van der Waals surface area contributed by atoms with Crippen molar-refractivity contribution in [1.29, 1.82) is 0 Å². The first kappa shape index (κ1) is 19.9. The average Bonchev–Trinajstić information content (AvgIpc) is 3.14. The quantitative estimate of drug-likeness (QED) is 0.578. The lowest BCUT2D eigenvalue weighted by atomic mass is 10.1. The number of hydrogen-bond donors (Lipinski definition) is 1. The van der Waals surface area contributed by atoms with Crippen LogP contribution in [0.2, 0.25) is 5.02 Å². The highest BCUT2D eigenvalue weighted by Crippen LogP contribution is 2.34. The molecule has 0 aliphatic heterocycles. The summed E-state index contributed by atoms with van der Waals surface area (Å²) in [6.07, 6.45) is 0.946. The molecule has 0 saturated heterocycles. The third kappa shape index (κ3) is 4.72. The normalized spacial score (nSPS) is 10.7. The van der Waals surface area contributed by atoms with E-state index in [1.54, 1.807) is 17.9 Å². The first-order valence-corrected chi connectivity index (χ1v) is 9.54. The summed E-state index contributed by atoms with van der Waals surface area (Å²) in [6.45, 7) is 5.80. The highest BCUT2D eigenvalue weighted by Gasteiger charge is 2.13. The Hall–Kier alpha value is -2.80. The zero-order valence-electron chi connectivity index (χ0n) is 16.3. The zero-order chi connectivity index (χ0) is 19.9. The molecule has 0 aliphatic carbocycles. The highest BCUT2D eigenvalue weighted by molar-refractivity contribution is 6.31. The van der Waals surface area contributed by atoms with Gasteiger partial charge in [-0.2, -0.15) is 0 Å². The fourth-order valence-electron chi connectivity index (χ4n) is 2.78. The number of halogens is 1. The number of aryl methyl sites for hydroxylation is 2. The van der Waals surface area contributed by atoms with Crippen LogP contribution in [0.1, 0.15) is 30.0 Å². The SMILES string of the molecule is CCCn1nnnc1NCc1cc(OC)c(OCc2ccccc2C)cc1Cl. The largest absolute Gasteiger partial charge is 0.493 e. The second-order valence-electron chi connectivity index (χ2n) is 6.39. The number of nitrogens with one attached hydrogen (secondary N) is 1. The van der Waals surface area contributed by atoms with Crippen LogP contribution < -0.4 is 14.8 Å². The molecule has 0 unspecified atom stereocenters. The topological polar surface area (TPSA) is 74.1 Å². The number of ether oxygens (including phenoxy) is 2. The lowest BCUT2D eigenvalue weighted by Crippen LogP contribution is -2.09. The van der Waals surface area contributed by atoms with E-state index in [1.165, 1.54) is 5.56 Å². The van der Waals surface area contributed by atoms with Crippen LogP contribution >= 0.6 is 11.6 Å². The second kappa shape index (κ2) is 9.41. The number of benzene rings is 2. The summed E-state index contributed by atoms with van der Waals surface area (Å²) in [5.41, 5.74) is 3.17. The summed E-state index contributed by atoms with van der Waals surface area (Å²) in [5.74, 6) is 1.84. The molecule has 0 aliphatic rings. The average molecular weight is 402 g/mol. The van der Waals surface area contributed by atoms with Gasteiger partial charge in [-0.3, -0.25) is 0 Å². The Labute approximate surface area is 169 Å². The van der Waals surface area contributed by atoms with Crippen LogP contribution in [-0.4, -0.2) is 27.3 Å². The molecule has 0 amide bonds. The van der Waals surface area contributed by atoms with E-state index in [1.807, 2.05) is 24.3 Å². The fourth-order valence-corrected chi connectivity index (χ4v) is 3.00. The first-order chi connectivity index (χ1) is 13.6.